The van der Waals surface area contributed by atoms with Gasteiger partial charge in [0.1, 0.15) is 5.82 Å². The molecule has 2 aromatic heterocycles. The molecule has 0 radical (unpaired) electrons. The Balaban J connectivity index is 2.22. The van der Waals surface area contributed by atoms with Crippen molar-refractivity contribution in [2.24, 2.45) is 0 Å². The van der Waals surface area contributed by atoms with Gasteiger partial charge in [-0.25, -0.2) is 14.6 Å². The molecular formula is C14H22N6OS. The van der Waals surface area contributed by atoms with E-state index in [1.54, 1.807) is 6.20 Å². The van der Waals surface area contributed by atoms with E-state index in [0.717, 1.165) is 29.8 Å². The molecule has 2 rings (SSSR count). The van der Waals surface area contributed by atoms with E-state index in [1.165, 1.54) is 11.8 Å². The first-order valence-corrected chi connectivity index (χ1v) is 8.70. The first-order valence-electron chi connectivity index (χ1n) is 7.47. The molecule has 0 saturated carbocycles. The minimum atomic E-state index is 0.0428. The maximum absolute atomic E-state index is 11.3. The van der Waals surface area contributed by atoms with Crippen LogP contribution in [-0.4, -0.2) is 45.0 Å². The quantitative estimate of drug-likeness (QED) is 0.570. The van der Waals surface area contributed by atoms with Crippen LogP contribution in [0, 0.1) is 0 Å². The normalized spacial score (nSPS) is 10.9. The molecule has 0 unspecified atom stereocenters. The summed E-state index contributed by atoms with van der Waals surface area (Å²) < 4.78 is 1.81. The highest BCUT2D eigenvalue weighted by atomic mass is 32.2. The Hall–Kier alpha value is -1.83. The second kappa shape index (κ2) is 7.98. The molecule has 2 N–H and O–H groups in total. The van der Waals surface area contributed by atoms with Gasteiger partial charge in [-0.1, -0.05) is 25.6 Å². The summed E-state index contributed by atoms with van der Waals surface area (Å²) in [5.41, 5.74) is 0.795. The number of hydrogen-bond acceptors (Lipinski definition) is 6. The molecule has 2 aromatic rings. The van der Waals surface area contributed by atoms with Gasteiger partial charge in [-0.3, -0.25) is 4.79 Å². The van der Waals surface area contributed by atoms with E-state index in [4.69, 9.17) is 0 Å². The molecule has 8 heteroatoms. The summed E-state index contributed by atoms with van der Waals surface area (Å²) in [6.45, 7) is 5.94. The lowest BCUT2D eigenvalue weighted by molar-refractivity contribution is -0.120. The fraction of sp³-hybridized carbons (Fsp3) is 0.571. The van der Waals surface area contributed by atoms with Crippen LogP contribution >= 0.6 is 11.8 Å². The van der Waals surface area contributed by atoms with Crippen molar-refractivity contribution in [1.29, 1.82) is 0 Å². The zero-order chi connectivity index (χ0) is 15.9. The second-order valence-electron chi connectivity index (χ2n) is 4.79. The van der Waals surface area contributed by atoms with Gasteiger partial charge >= 0.3 is 0 Å². The Kier molecular flexibility index (Phi) is 6.00. The topological polar surface area (TPSA) is 84.7 Å². The Bertz CT molecular complexity index is 642. The molecule has 0 saturated heterocycles. The number of hydrogen-bond donors (Lipinski definition) is 2. The third-order valence-corrected chi connectivity index (χ3v) is 3.72. The summed E-state index contributed by atoms with van der Waals surface area (Å²) in [6.07, 6.45) is 5.24. The largest absolute Gasteiger partial charge is 0.369 e. The van der Waals surface area contributed by atoms with Crippen LogP contribution in [0.5, 0.6) is 0 Å². The number of anilines is 1. The number of aromatic nitrogens is 4. The van der Waals surface area contributed by atoms with Crippen molar-refractivity contribution in [3.05, 3.63) is 6.20 Å². The first kappa shape index (κ1) is 16.5. The maximum atomic E-state index is 11.3. The SMILES string of the molecule is CCCNc1nc(SC)nc2c1cnn2CCNC(=O)CC. The van der Waals surface area contributed by atoms with Crippen molar-refractivity contribution < 1.29 is 4.79 Å². The number of amides is 1. The average Bonchev–Trinajstić information content (AvgIpc) is 2.95. The molecule has 1 amide bonds. The van der Waals surface area contributed by atoms with Gasteiger partial charge in [-0.15, -0.1) is 0 Å². The van der Waals surface area contributed by atoms with E-state index in [0.29, 0.717) is 24.7 Å². The molecule has 0 fully saturated rings. The fourth-order valence-electron chi connectivity index (χ4n) is 1.99. The summed E-state index contributed by atoms with van der Waals surface area (Å²) in [5.74, 6) is 0.862. The Morgan fingerprint density at radius 1 is 1.32 bits per heavy atom. The number of rotatable bonds is 8. The molecule has 0 bridgehead atoms. The third kappa shape index (κ3) is 3.88. The number of carbonyl (C=O) groups is 1. The Morgan fingerprint density at radius 3 is 2.82 bits per heavy atom. The van der Waals surface area contributed by atoms with Gasteiger partial charge < -0.3 is 10.6 Å². The lowest BCUT2D eigenvalue weighted by Gasteiger charge is -2.08. The van der Waals surface area contributed by atoms with E-state index >= 15 is 0 Å². The minimum absolute atomic E-state index is 0.0428. The van der Waals surface area contributed by atoms with Crippen LogP contribution in [0.1, 0.15) is 26.7 Å². The van der Waals surface area contributed by atoms with E-state index in [1.807, 2.05) is 17.9 Å². The Labute approximate surface area is 134 Å². The minimum Gasteiger partial charge on any atom is -0.369 e. The number of nitrogens with one attached hydrogen (secondary N) is 2. The molecule has 2 heterocycles. The zero-order valence-corrected chi connectivity index (χ0v) is 14.0. The van der Waals surface area contributed by atoms with E-state index in [-0.39, 0.29) is 5.91 Å². The predicted molar refractivity (Wildman–Crippen MR) is 89.2 cm³/mol. The number of fused-ring (bicyclic) bond motifs is 1. The van der Waals surface area contributed by atoms with Crippen LogP contribution in [0.15, 0.2) is 11.4 Å². The predicted octanol–water partition coefficient (Wildman–Crippen LogP) is 1.90. The molecule has 0 spiro atoms. The second-order valence-corrected chi connectivity index (χ2v) is 5.57. The molecule has 120 valence electrons. The van der Waals surface area contributed by atoms with Crippen LogP contribution in [0.2, 0.25) is 0 Å². The highest BCUT2D eigenvalue weighted by Crippen LogP contribution is 2.23. The molecule has 0 aliphatic carbocycles. The van der Waals surface area contributed by atoms with E-state index in [2.05, 4.69) is 32.6 Å². The average molecular weight is 322 g/mol. The maximum Gasteiger partial charge on any atom is 0.219 e. The van der Waals surface area contributed by atoms with Crippen LogP contribution in [-0.2, 0) is 11.3 Å². The van der Waals surface area contributed by atoms with Crippen LogP contribution < -0.4 is 10.6 Å². The van der Waals surface area contributed by atoms with Crippen molar-refractivity contribution in [1.82, 2.24) is 25.1 Å². The molecule has 7 nitrogen and oxygen atoms in total. The smallest absolute Gasteiger partial charge is 0.219 e. The molecule has 22 heavy (non-hydrogen) atoms. The van der Waals surface area contributed by atoms with Crippen molar-refractivity contribution in [2.45, 2.75) is 38.4 Å². The van der Waals surface area contributed by atoms with Crippen molar-refractivity contribution >= 4 is 34.5 Å². The van der Waals surface area contributed by atoms with Crippen molar-refractivity contribution in [2.75, 3.05) is 24.7 Å². The van der Waals surface area contributed by atoms with Gasteiger partial charge in [0.25, 0.3) is 0 Å². The first-order chi connectivity index (χ1) is 10.7. The van der Waals surface area contributed by atoms with Crippen LogP contribution in [0.25, 0.3) is 11.0 Å². The standard InChI is InChI=1S/C14H22N6OS/c1-4-6-16-12-10-9-17-20(8-7-15-11(21)5-2)13(10)19-14(18-12)22-3/h9H,4-8H2,1-3H3,(H,15,21)(H,16,18,19). The zero-order valence-electron chi connectivity index (χ0n) is 13.2. The van der Waals surface area contributed by atoms with Crippen LogP contribution in [0.4, 0.5) is 5.82 Å². The fourth-order valence-corrected chi connectivity index (χ4v) is 2.35. The van der Waals surface area contributed by atoms with Gasteiger partial charge in [0.2, 0.25) is 5.91 Å². The Morgan fingerprint density at radius 2 is 2.14 bits per heavy atom. The molecule has 0 aliphatic heterocycles. The van der Waals surface area contributed by atoms with E-state index in [9.17, 15) is 4.79 Å². The highest BCUT2D eigenvalue weighted by molar-refractivity contribution is 7.98. The van der Waals surface area contributed by atoms with Gasteiger partial charge in [-0.05, 0) is 12.7 Å². The lowest BCUT2D eigenvalue weighted by Crippen LogP contribution is -2.26. The highest BCUT2D eigenvalue weighted by Gasteiger charge is 2.12. The monoisotopic (exact) mass is 322 g/mol. The molecule has 0 aliphatic rings. The van der Waals surface area contributed by atoms with Crippen molar-refractivity contribution in [3.8, 4) is 0 Å². The lowest BCUT2D eigenvalue weighted by atomic mass is 10.3. The third-order valence-electron chi connectivity index (χ3n) is 3.17. The van der Waals surface area contributed by atoms with Gasteiger partial charge in [0.15, 0.2) is 10.8 Å². The van der Waals surface area contributed by atoms with Gasteiger partial charge in [-0.2, -0.15) is 5.10 Å². The summed E-state index contributed by atoms with van der Waals surface area (Å²) in [6, 6.07) is 0. The number of thioether (sulfide) groups is 1. The number of nitrogens with zero attached hydrogens (tertiary/aromatic N) is 4. The summed E-state index contributed by atoms with van der Waals surface area (Å²) >= 11 is 1.50. The van der Waals surface area contributed by atoms with Crippen LogP contribution in [0.3, 0.4) is 0 Å². The number of carbonyl (C=O) groups excluding carboxylic acids is 1. The molecular weight excluding hydrogens is 300 g/mol. The molecule has 0 atom stereocenters. The summed E-state index contributed by atoms with van der Waals surface area (Å²) in [4.78, 5) is 20.3. The molecule has 0 aromatic carbocycles. The summed E-state index contributed by atoms with van der Waals surface area (Å²) in [5, 5.41) is 12.2. The van der Waals surface area contributed by atoms with Gasteiger partial charge in [0.05, 0.1) is 18.1 Å². The van der Waals surface area contributed by atoms with Gasteiger partial charge in [0, 0.05) is 19.5 Å². The summed E-state index contributed by atoms with van der Waals surface area (Å²) in [7, 11) is 0. The van der Waals surface area contributed by atoms with E-state index < -0.39 is 0 Å². The van der Waals surface area contributed by atoms with Crippen molar-refractivity contribution in [3.63, 3.8) is 0 Å².